The molecule has 7 heteroatoms. The third kappa shape index (κ3) is 11.3. The molecular weight excluding hydrogens is 1740 g/mol. The van der Waals surface area contributed by atoms with Gasteiger partial charge in [-0.15, -0.1) is 0 Å². The summed E-state index contributed by atoms with van der Waals surface area (Å²) in [6, 6.07) is 167. The monoisotopic (exact) mass is 1830 g/mol. The topological polar surface area (TPSA) is 50.4 Å². The molecule has 0 atom stereocenters. The van der Waals surface area contributed by atoms with E-state index in [2.05, 4.69) is 507 Å². The van der Waals surface area contributed by atoms with Crippen molar-refractivity contribution in [1.82, 2.24) is 32.8 Å². The lowest BCUT2D eigenvalue weighted by molar-refractivity contribution is 0.660. The summed E-state index contributed by atoms with van der Waals surface area (Å²) in [5, 5.41) is 14.5. The molecule has 0 saturated carbocycles. The van der Waals surface area contributed by atoms with Crippen molar-refractivity contribution in [1.29, 1.82) is 0 Å². The molecule has 144 heavy (non-hydrogen) atoms. The summed E-state index contributed by atoms with van der Waals surface area (Å²) < 4.78 is 12.3. The molecule has 4 aliphatic rings. The number of hydrogen-bond donors (Lipinski definition) is 0. The number of aromatic nitrogens is 7. The molecule has 21 aromatic carbocycles. The van der Waals surface area contributed by atoms with Crippen molar-refractivity contribution in [3.05, 3.63) is 476 Å². The van der Waals surface area contributed by atoms with Gasteiger partial charge in [-0.2, -0.15) is 0 Å². The van der Waals surface area contributed by atoms with Crippen LogP contribution in [-0.4, -0.2) is 32.8 Å². The van der Waals surface area contributed by atoms with E-state index < -0.39 is 0 Å². The van der Waals surface area contributed by atoms with E-state index in [0.29, 0.717) is 5.82 Å². The summed E-state index contributed by atoms with van der Waals surface area (Å²) in [4.78, 5) is 11.2. The third-order valence-electron chi connectivity index (χ3n) is 33.3. The van der Waals surface area contributed by atoms with Crippen LogP contribution in [-0.2, 0) is 16.2 Å². The maximum absolute atomic E-state index is 5.63. The van der Waals surface area contributed by atoms with Gasteiger partial charge in [-0.1, -0.05) is 327 Å². The zero-order chi connectivity index (χ0) is 95.2. The van der Waals surface area contributed by atoms with E-state index in [4.69, 9.17) is 9.97 Å². The average Bonchev–Trinajstić information content (AvgIpc) is 1.56. The van der Waals surface area contributed by atoms with Crippen LogP contribution in [0, 0.1) is 0 Å². The molecule has 0 fully saturated rings. The SMILES string of the molecule is CC1(C)c2ccccc2-c2ccc(-n3c4ccccc4c4cc(-c5ccc6c(c5)c5ccccc5n6-c5ccc(-c6nc(-c7ccccc7)nc7c6-c6ccc(-c8ccc(-n9c%10ccc(-c%11ccc%12c(c%11)c%11ccccc%11n%12-c%11ccc%12c(c%11)C(C)(C)c%11ccccc%11-%12)cc%10c%10cc(-c%11ccc%12c(c%11)c%11ccccc%11n%12-c%11ccc%12c(c%11)C(C)(C)c%11ccccc%11-%12)ccc%109)cc8)c8cccc-7c68)cc5)ccc43)cc21. The molecule has 0 bridgehead atoms. The predicted octanol–water partition coefficient (Wildman–Crippen LogP) is 35.7. The van der Waals surface area contributed by atoms with E-state index in [1.807, 2.05) is 0 Å². The van der Waals surface area contributed by atoms with E-state index in [1.54, 1.807) is 0 Å². The van der Waals surface area contributed by atoms with Crippen LogP contribution in [0.3, 0.4) is 0 Å². The Morgan fingerprint density at radius 1 is 0.160 bits per heavy atom. The summed E-state index contributed by atoms with van der Waals surface area (Å²) in [6.07, 6.45) is 0. The normalized spacial score (nSPS) is 13.8. The fourth-order valence-corrected chi connectivity index (χ4v) is 26.3. The number of hydrogen-bond acceptors (Lipinski definition) is 2. The average molecular weight is 1840 g/mol. The van der Waals surface area contributed by atoms with Gasteiger partial charge in [-0.05, 0) is 285 Å². The van der Waals surface area contributed by atoms with E-state index in [9.17, 15) is 0 Å². The molecule has 6 aromatic heterocycles. The lowest BCUT2D eigenvalue weighted by Crippen LogP contribution is -2.15. The number of para-hydroxylation sites is 4. The summed E-state index contributed by atoms with van der Waals surface area (Å²) in [5.74, 6) is 0.692. The maximum atomic E-state index is 5.63. The standard InChI is InChI=1S/C137H91N7/c1-135(2)114-36-17-10-27-95(114)98-60-57-91(77-117(98)135)142-121-40-21-14-31-102(121)109-72-84(48-66-125(109)142)83-47-65-124-108(71-83)101-30-13-20-39-120(101)140(124)90-55-45-81(46-56-90)132-131-106-64-63-94(105-34-24-35-107(130(105)106)133(131)139-134(138-132)82-25-8-7-9-26-82)80-43-53-89(54-44-80)141-128-69-51-87(85-49-67-126-110(73-85)103-32-15-22-41-122(103)143(126)92-58-61-99-96-28-11-18-37-115(96)136(3,4)118(99)78-92)75-112(128)113-76-88(52-70-129(113)141)86-50-68-127-111(74-86)104-33-16-23-42-123(104)144(127)93-59-62-100-97-29-12-19-38-116(97)137(5,6)119(100)79-93/h7-79H,1-6H3. The number of fused-ring (bicyclic) bond motifs is 27. The Morgan fingerprint density at radius 3 is 0.799 bits per heavy atom. The summed E-state index contributed by atoms with van der Waals surface area (Å²) in [7, 11) is 0. The van der Waals surface area contributed by atoms with Gasteiger partial charge in [-0.3, -0.25) is 0 Å². The van der Waals surface area contributed by atoms with Crippen LogP contribution < -0.4 is 0 Å². The number of rotatable bonds is 11. The molecule has 0 N–H and O–H groups in total. The van der Waals surface area contributed by atoms with E-state index in [-0.39, 0.29) is 16.2 Å². The van der Waals surface area contributed by atoms with Crippen molar-refractivity contribution in [2.45, 2.75) is 57.8 Å². The number of nitrogens with zero attached hydrogens (tertiary/aromatic N) is 7. The Morgan fingerprint density at radius 2 is 0.424 bits per heavy atom. The summed E-state index contributed by atoms with van der Waals surface area (Å²) in [5.41, 5.74) is 49.6. The van der Waals surface area contributed by atoms with E-state index in [1.165, 1.54) is 204 Å². The van der Waals surface area contributed by atoms with Crippen LogP contribution in [0.25, 0.3) is 271 Å². The first-order valence-corrected chi connectivity index (χ1v) is 50.4. The Kier molecular flexibility index (Phi) is 16.6. The van der Waals surface area contributed by atoms with Crippen LogP contribution in [0.15, 0.2) is 443 Å². The Hall–Kier alpha value is -18.0. The van der Waals surface area contributed by atoms with E-state index in [0.717, 1.165) is 94.9 Å². The fraction of sp³-hybridized carbons (Fsp3) is 0.0657. The minimum atomic E-state index is -0.132. The van der Waals surface area contributed by atoms with Crippen molar-refractivity contribution >= 4 is 120 Å². The second-order valence-electron chi connectivity index (χ2n) is 41.8. The van der Waals surface area contributed by atoms with E-state index >= 15 is 0 Å². The molecule has 7 nitrogen and oxygen atoms in total. The zero-order valence-electron chi connectivity index (χ0n) is 80.3. The molecule has 27 aromatic rings. The lowest BCUT2D eigenvalue weighted by Gasteiger charge is -2.22. The lowest BCUT2D eigenvalue weighted by atomic mass is 9.82. The van der Waals surface area contributed by atoms with Crippen molar-refractivity contribution in [3.63, 3.8) is 0 Å². The highest BCUT2D eigenvalue weighted by molar-refractivity contribution is 6.22. The van der Waals surface area contributed by atoms with Gasteiger partial charge in [0, 0.05) is 121 Å². The molecule has 4 aliphatic carbocycles. The quantitative estimate of drug-likeness (QED) is 0.130. The molecule has 0 radical (unpaired) electrons. The Bertz CT molecular complexity index is 10100. The molecule has 0 saturated heterocycles. The van der Waals surface area contributed by atoms with Crippen LogP contribution in [0.5, 0.6) is 0 Å². The molecular formula is C137H91N7. The molecule has 6 heterocycles. The Balaban J connectivity index is 0.501. The summed E-state index contributed by atoms with van der Waals surface area (Å²) >= 11 is 0. The van der Waals surface area contributed by atoms with Gasteiger partial charge in [0.1, 0.15) is 0 Å². The highest BCUT2D eigenvalue weighted by Gasteiger charge is 2.40. The fourth-order valence-electron chi connectivity index (χ4n) is 26.3. The molecule has 0 aliphatic heterocycles. The predicted molar refractivity (Wildman–Crippen MR) is 601 cm³/mol. The minimum Gasteiger partial charge on any atom is -0.309 e. The second kappa shape index (κ2) is 29.5. The van der Waals surface area contributed by atoms with Gasteiger partial charge in [0.05, 0.1) is 66.6 Å². The van der Waals surface area contributed by atoms with Crippen molar-refractivity contribution < 1.29 is 0 Å². The van der Waals surface area contributed by atoms with Crippen molar-refractivity contribution in [3.8, 4) is 151 Å². The maximum Gasteiger partial charge on any atom is 0.160 e. The first kappa shape index (κ1) is 80.9. The summed E-state index contributed by atoms with van der Waals surface area (Å²) in [6.45, 7) is 14.2. The highest BCUT2D eigenvalue weighted by Crippen LogP contribution is 2.57. The van der Waals surface area contributed by atoms with Gasteiger partial charge in [0.25, 0.3) is 0 Å². The first-order valence-electron chi connectivity index (χ1n) is 50.4. The first-order chi connectivity index (χ1) is 70.7. The largest absolute Gasteiger partial charge is 0.309 e. The molecule has 31 rings (SSSR count). The van der Waals surface area contributed by atoms with Crippen LogP contribution >= 0.6 is 0 Å². The van der Waals surface area contributed by atoms with Gasteiger partial charge >= 0.3 is 0 Å². The molecule has 0 unspecified atom stereocenters. The van der Waals surface area contributed by atoms with Crippen LogP contribution in [0.1, 0.15) is 74.9 Å². The van der Waals surface area contributed by atoms with Gasteiger partial charge in [0.15, 0.2) is 5.82 Å². The molecule has 0 amide bonds. The second-order valence-corrected chi connectivity index (χ2v) is 41.8. The van der Waals surface area contributed by atoms with Crippen LogP contribution in [0.2, 0.25) is 0 Å². The number of benzene rings is 21. The van der Waals surface area contributed by atoms with Crippen molar-refractivity contribution in [2.24, 2.45) is 0 Å². The van der Waals surface area contributed by atoms with Gasteiger partial charge in [-0.25, -0.2) is 9.97 Å². The van der Waals surface area contributed by atoms with Gasteiger partial charge in [0.2, 0.25) is 0 Å². The highest BCUT2D eigenvalue weighted by atomic mass is 15.0. The third-order valence-corrected chi connectivity index (χ3v) is 33.3. The molecule has 674 valence electrons. The van der Waals surface area contributed by atoms with Crippen molar-refractivity contribution in [2.75, 3.05) is 0 Å². The minimum absolute atomic E-state index is 0.110. The smallest absolute Gasteiger partial charge is 0.160 e. The zero-order valence-corrected chi connectivity index (χ0v) is 80.3. The van der Waals surface area contributed by atoms with Gasteiger partial charge < -0.3 is 22.8 Å². The Labute approximate surface area is 832 Å². The van der Waals surface area contributed by atoms with Crippen LogP contribution in [0.4, 0.5) is 0 Å². The molecule has 0 spiro atoms.